The van der Waals surface area contributed by atoms with Gasteiger partial charge in [0.15, 0.2) is 0 Å². The molecule has 0 radical (unpaired) electrons. The first kappa shape index (κ1) is 14.4. The van der Waals surface area contributed by atoms with Crippen LogP contribution in [0.15, 0.2) is 40.9 Å². The molecule has 2 aromatic carbocycles. The van der Waals surface area contributed by atoms with Crippen LogP contribution in [0.3, 0.4) is 0 Å². The summed E-state index contributed by atoms with van der Waals surface area (Å²) in [7, 11) is 0. The zero-order chi connectivity index (χ0) is 14.0. The number of nitrogens with two attached hydrogens (primary N) is 1. The topological polar surface area (TPSA) is 38.0 Å². The van der Waals surface area contributed by atoms with E-state index in [9.17, 15) is 8.78 Å². The van der Waals surface area contributed by atoms with Crippen molar-refractivity contribution in [1.29, 1.82) is 0 Å². The average Bonchev–Trinajstić information content (AvgIpc) is 2.40. The Morgan fingerprint density at radius 2 is 1.63 bits per heavy atom. The van der Waals surface area contributed by atoms with Gasteiger partial charge in [-0.2, -0.15) is 0 Å². The summed E-state index contributed by atoms with van der Waals surface area (Å²) in [5.74, 6) is 4.32. The summed E-state index contributed by atoms with van der Waals surface area (Å²) in [5.41, 5.74) is 2.83. The van der Waals surface area contributed by atoms with Gasteiger partial charge in [0, 0.05) is 11.1 Å². The molecule has 0 aliphatic heterocycles. The van der Waals surface area contributed by atoms with E-state index in [2.05, 4.69) is 21.4 Å². The standard InChI is InChI=1S/C13H10BrClF2N2/c14-9-5-1-3-7(11(9)16)13(19-18)8-4-2-6-10(15)12(8)17/h1-6,13,19H,18H2. The lowest BCUT2D eigenvalue weighted by molar-refractivity contribution is 0.529. The molecule has 0 amide bonds. The molecule has 100 valence electrons. The predicted molar refractivity (Wildman–Crippen MR) is 74.7 cm³/mol. The summed E-state index contributed by atoms with van der Waals surface area (Å²) in [6, 6.07) is 8.43. The lowest BCUT2D eigenvalue weighted by Crippen LogP contribution is -2.30. The molecule has 3 N–H and O–H groups in total. The Morgan fingerprint density at radius 1 is 1.05 bits per heavy atom. The van der Waals surface area contributed by atoms with Crippen molar-refractivity contribution in [1.82, 2.24) is 5.43 Å². The molecule has 0 aliphatic rings. The molecule has 2 aromatic rings. The van der Waals surface area contributed by atoms with Crippen molar-refractivity contribution in [2.75, 3.05) is 0 Å². The van der Waals surface area contributed by atoms with Crippen LogP contribution in [0.4, 0.5) is 8.78 Å². The number of hydrogen-bond donors (Lipinski definition) is 2. The fourth-order valence-corrected chi connectivity index (χ4v) is 2.40. The second kappa shape index (κ2) is 5.96. The lowest BCUT2D eigenvalue weighted by Gasteiger charge is -2.19. The Bertz CT molecular complexity index is 556. The molecule has 1 atom stereocenters. The van der Waals surface area contributed by atoms with Gasteiger partial charge in [0.05, 0.1) is 15.5 Å². The van der Waals surface area contributed by atoms with Gasteiger partial charge < -0.3 is 0 Å². The Morgan fingerprint density at radius 3 is 2.26 bits per heavy atom. The molecule has 2 rings (SSSR count). The highest BCUT2D eigenvalue weighted by Gasteiger charge is 2.22. The molecule has 0 saturated heterocycles. The van der Waals surface area contributed by atoms with E-state index >= 15 is 0 Å². The first-order valence-electron chi connectivity index (χ1n) is 5.40. The smallest absolute Gasteiger partial charge is 0.146 e. The van der Waals surface area contributed by atoms with Gasteiger partial charge >= 0.3 is 0 Å². The van der Waals surface area contributed by atoms with Crippen molar-refractivity contribution in [3.05, 3.63) is 68.7 Å². The SMILES string of the molecule is NNC(c1cccc(Cl)c1F)c1cccc(Br)c1F. The van der Waals surface area contributed by atoms with E-state index in [1.54, 1.807) is 18.2 Å². The van der Waals surface area contributed by atoms with E-state index in [0.717, 1.165) is 0 Å². The van der Waals surface area contributed by atoms with E-state index in [1.165, 1.54) is 18.2 Å². The van der Waals surface area contributed by atoms with Gasteiger partial charge in [-0.05, 0) is 28.1 Å². The molecule has 0 aliphatic carbocycles. The third-order valence-electron chi connectivity index (χ3n) is 2.75. The van der Waals surface area contributed by atoms with Crippen molar-refractivity contribution in [3.63, 3.8) is 0 Å². The number of halogens is 4. The average molecular weight is 348 g/mol. The molecule has 2 nitrogen and oxygen atoms in total. The monoisotopic (exact) mass is 346 g/mol. The maximum atomic E-state index is 14.1. The predicted octanol–water partition coefficient (Wildman–Crippen LogP) is 3.93. The van der Waals surface area contributed by atoms with Crippen LogP contribution in [0.1, 0.15) is 17.2 Å². The minimum absolute atomic E-state index is 0.0341. The second-order valence-corrected chi connectivity index (χ2v) is 5.15. The first-order valence-corrected chi connectivity index (χ1v) is 6.57. The highest BCUT2D eigenvalue weighted by Crippen LogP contribution is 2.31. The van der Waals surface area contributed by atoms with Crippen LogP contribution >= 0.6 is 27.5 Å². The molecule has 1 unspecified atom stereocenters. The Hall–Kier alpha value is -1.01. The van der Waals surface area contributed by atoms with Gasteiger partial charge in [0.25, 0.3) is 0 Å². The quantitative estimate of drug-likeness (QED) is 0.652. The van der Waals surface area contributed by atoms with Crippen LogP contribution in [0.25, 0.3) is 0 Å². The van der Waals surface area contributed by atoms with Gasteiger partial charge in [0.2, 0.25) is 0 Å². The zero-order valence-electron chi connectivity index (χ0n) is 9.63. The molecule has 6 heteroatoms. The number of benzene rings is 2. The van der Waals surface area contributed by atoms with E-state index in [1.807, 2.05) is 0 Å². The minimum Gasteiger partial charge on any atom is -0.271 e. The fraction of sp³-hybridized carbons (Fsp3) is 0.0769. The molecule has 0 aromatic heterocycles. The van der Waals surface area contributed by atoms with Crippen LogP contribution in [-0.2, 0) is 0 Å². The summed E-state index contributed by atoms with van der Waals surface area (Å²) in [5, 5.41) is -0.0341. The van der Waals surface area contributed by atoms with E-state index in [4.69, 9.17) is 17.4 Å². The summed E-state index contributed by atoms with van der Waals surface area (Å²) in [4.78, 5) is 0. The van der Waals surface area contributed by atoms with Gasteiger partial charge in [-0.1, -0.05) is 35.9 Å². The Kier molecular flexibility index (Phi) is 4.52. The summed E-state index contributed by atoms with van der Waals surface area (Å²) in [6.45, 7) is 0. The number of hydrogen-bond acceptors (Lipinski definition) is 2. The van der Waals surface area contributed by atoms with Gasteiger partial charge in [0.1, 0.15) is 11.6 Å². The third-order valence-corrected chi connectivity index (χ3v) is 3.66. The van der Waals surface area contributed by atoms with Gasteiger partial charge in [-0.25, -0.2) is 14.2 Å². The van der Waals surface area contributed by atoms with Crippen LogP contribution in [0.5, 0.6) is 0 Å². The van der Waals surface area contributed by atoms with Crippen molar-refractivity contribution in [3.8, 4) is 0 Å². The maximum Gasteiger partial charge on any atom is 0.146 e. The Labute approximate surface area is 122 Å². The maximum absolute atomic E-state index is 14.1. The minimum atomic E-state index is -0.823. The van der Waals surface area contributed by atoms with Crippen LogP contribution < -0.4 is 11.3 Å². The molecule has 19 heavy (non-hydrogen) atoms. The van der Waals surface area contributed by atoms with E-state index in [-0.39, 0.29) is 20.6 Å². The summed E-state index contributed by atoms with van der Waals surface area (Å²) < 4.78 is 28.3. The second-order valence-electron chi connectivity index (χ2n) is 3.89. The first-order chi connectivity index (χ1) is 9.06. The highest BCUT2D eigenvalue weighted by molar-refractivity contribution is 9.10. The van der Waals surface area contributed by atoms with Crippen molar-refractivity contribution < 1.29 is 8.78 Å². The van der Waals surface area contributed by atoms with Crippen LogP contribution in [0, 0.1) is 11.6 Å². The van der Waals surface area contributed by atoms with Crippen molar-refractivity contribution >= 4 is 27.5 Å². The third kappa shape index (κ3) is 2.79. The highest BCUT2D eigenvalue weighted by atomic mass is 79.9. The van der Waals surface area contributed by atoms with Crippen LogP contribution in [0.2, 0.25) is 5.02 Å². The number of hydrazine groups is 1. The normalized spacial score (nSPS) is 12.5. The fourth-order valence-electron chi connectivity index (χ4n) is 1.83. The lowest BCUT2D eigenvalue weighted by atomic mass is 9.98. The number of nitrogens with one attached hydrogen (secondary N) is 1. The molecule has 0 bridgehead atoms. The van der Waals surface area contributed by atoms with E-state index in [0.29, 0.717) is 0 Å². The van der Waals surface area contributed by atoms with E-state index < -0.39 is 17.7 Å². The van der Waals surface area contributed by atoms with Gasteiger partial charge in [-0.3, -0.25) is 5.84 Å². The Balaban J connectivity index is 2.57. The molecule has 0 saturated carbocycles. The molecular weight excluding hydrogens is 338 g/mol. The van der Waals surface area contributed by atoms with Crippen LogP contribution in [-0.4, -0.2) is 0 Å². The largest absolute Gasteiger partial charge is 0.271 e. The number of rotatable bonds is 3. The molecular formula is C13H10BrClF2N2. The molecule has 0 heterocycles. The summed E-state index contributed by atoms with van der Waals surface area (Å²) in [6.07, 6.45) is 0. The summed E-state index contributed by atoms with van der Waals surface area (Å²) >= 11 is 8.81. The van der Waals surface area contributed by atoms with Crippen molar-refractivity contribution in [2.24, 2.45) is 5.84 Å². The van der Waals surface area contributed by atoms with Crippen molar-refractivity contribution in [2.45, 2.75) is 6.04 Å². The zero-order valence-corrected chi connectivity index (χ0v) is 12.0. The molecule has 0 fully saturated rings. The van der Waals surface area contributed by atoms with Gasteiger partial charge in [-0.15, -0.1) is 0 Å². The molecule has 0 spiro atoms.